The van der Waals surface area contributed by atoms with Crippen LogP contribution in [-0.2, 0) is 5.41 Å². The van der Waals surface area contributed by atoms with Gasteiger partial charge in [0.15, 0.2) is 5.78 Å². The summed E-state index contributed by atoms with van der Waals surface area (Å²) < 4.78 is 0. The topological polar surface area (TPSA) is 37.3 Å². The maximum absolute atomic E-state index is 11.3. The molecular weight excluding hydrogens is 316 g/mol. The van der Waals surface area contributed by atoms with Gasteiger partial charge >= 0.3 is 0 Å². The van der Waals surface area contributed by atoms with Crippen LogP contribution in [0, 0.1) is 11.8 Å². The van der Waals surface area contributed by atoms with Crippen molar-refractivity contribution in [1.29, 1.82) is 0 Å². The lowest BCUT2D eigenvalue weighted by atomic mass is 9.81. The molecule has 3 heteroatoms. The number of phenolic OH excluding ortho intramolecular Hbond substituents is 1. The largest absolute Gasteiger partial charge is 0.507 e. The molecule has 2 aromatic rings. The predicted octanol–water partition coefficient (Wildman–Crippen LogP) is 4.77. The molecule has 2 nitrogen and oxygen atoms in total. The van der Waals surface area contributed by atoms with Crippen LogP contribution >= 0.6 is 11.8 Å². The summed E-state index contributed by atoms with van der Waals surface area (Å²) >= 11 is 1.90. The Balaban J connectivity index is 1.93. The summed E-state index contributed by atoms with van der Waals surface area (Å²) in [4.78, 5) is 12.7. The molecule has 122 valence electrons. The van der Waals surface area contributed by atoms with Gasteiger partial charge in [0.2, 0.25) is 0 Å². The van der Waals surface area contributed by atoms with E-state index in [1.165, 1.54) is 23.4 Å². The molecule has 0 fully saturated rings. The molecular formula is C21H20O2S. The van der Waals surface area contributed by atoms with E-state index in [2.05, 4.69) is 37.8 Å². The van der Waals surface area contributed by atoms with Crippen LogP contribution in [0.3, 0.4) is 0 Å². The van der Waals surface area contributed by atoms with E-state index in [0.29, 0.717) is 11.1 Å². The van der Waals surface area contributed by atoms with Crippen molar-refractivity contribution in [3.8, 4) is 17.6 Å². The highest BCUT2D eigenvalue weighted by molar-refractivity contribution is 7.99. The minimum atomic E-state index is -0.0702. The van der Waals surface area contributed by atoms with Crippen LogP contribution in [0.25, 0.3) is 0 Å². The van der Waals surface area contributed by atoms with Crippen LogP contribution in [-0.4, -0.2) is 16.6 Å². The summed E-state index contributed by atoms with van der Waals surface area (Å²) in [5, 5.41) is 10.0. The fraction of sp³-hybridized carbons (Fsp3) is 0.286. The molecule has 0 saturated heterocycles. The number of Topliss-reactive ketones (excluding diaryl/α,β-unsaturated/α-hetero) is 1. The Labute approximate surface area is 147 Å². The molecule has 24 heavy (non-hydrogen) atoms. The van der Waals surface area contributed by atoms with E-state index in [9.17, 15) is 9.90 Å². The SMILES string of the molecule is CC(=O)c1ccc(C#Cc2ccc3c(c2)C(C)(C)CCS3)c(O)c1. The maximum Gasteiger partial charge on any atom is 0.159 e. The van der Waals surface area contributed by atoms with E-state index in [-0.39, 0.29) is 16.9 Å². The molecule has 1 aliphatic rings. The highest BCUT2D eigenvalue weighted by atomic mass is 32.2. The summed E-state index contributed by atoms with van der Waals surface area (Å²) in [5.41, 5.74) is 3.49. The molecule has 2 aromatic carbocycles. The third-order valence-corrected chi connectivity index (χ3v) is 5.51. The van der Waals surface area contributed by atoms with Gasteiger partial charge in [-0.15, -0.1) is 11.8 Å². The second kappa shape index (κ2) is 6.37. The molecule has 3 rings (SSSR count). The van der Waals surface area contributed by atoms with Crippen LogP contribution in [0.5, 0.6) is 5.75 Å². The number of hydrogen-bond acceptors (Lipinski definition) is 3. The summed E-state index contributed by atoms with van der Waals surface area (Å²) in [7, 11) is 0. The Morgan fingerprint density at radius 2 is 1.96 bits per heavy atom. The van der Waals surface area contributed by atoms with E-state index in [4.69, 9.17) is 0 Å². The van der Waals surface area contributed by atoms with Crippen molar-refractivity contribution in [2.75, 3.05) is 5.75 Å². The monoisotopic (exact) mass is 336 g/mol. The first-order valence-corrected chi connectivity index (χ1v) is 8.99. The predicted molar refractivity (Wildman–Crippen MR) is 98.9 cm³/mol. The van der Waals surface area contributed by atoms with Crippen molar-refractivity contribution in [3.05, 3.63) is 58.7 Å². The van der Waals surface area contributed by atoms with Gasteiger partial charge in [-0.3, -0.25) is 4.79 Å². The highest BCUT2D eigenvalue weighted by Crippen LogP contribution is 2.41. The molecule has 1 heterocycles. The lowest BCUT2D eigenvalue weighted by Gasteiger charge is -2.32. The molecule has 0 unspecified atom stereocenters. The number of carbonyl (C=O) groups excluding carboxylic acids is 1. The zero-order valence-corrected chi connectivity index (χ0v) is 15.0. The number of carbonyl (C=O) groups is 1. The van der Waals surface area contributed by atoms with Crippen molar-refractivity contribution in [3.63, 3.8) is 0 Å². The third-order valence-electron chi connectivity index (χ3n) is 4.44. The third kappa shape index (κ3) is 3.34. The normalized spacial score (nSPS) is 15.1. The Bertz CT molecular complexity index is 869. The minimum absolute atomic E-state index is 0.0454. The van der Waals surface area contributed by atoms with Crippen LogP contribution in [0.1, 0.15) is 54.2 Å². The Morgan fingerprint density at radius 3 is 2.67 bits per heavy atom. The smallest absolute Gasteiger partial charge is 0.159 e. The lowest BCUT2D eigenvalue weighted by molar-refractivity contribution is 0.101. The van der Waals surface area contributed by atoms with Gasteiger partial charge in [0.1, 0.15) is 5.75 Å². The summed E-state index contributed by atoms with van der Waals surface area (Å²) in [6.07, 6.45) is 1.16. The molecule has 0 aliphatic carbocycles. The van der Waals surface area contributed by atoms with Crippen molar-refractivity contribution < 1.29 is 9.90 Å². The molecule has 1 N–H and O–H groups in total. The number of ketones is 1. The number of hydrogen-bond donors (Lipinski definition) is 1. The number of thioether (sulfide) groups is 1. The van der Waals surface area contributed by atoms with Gasteiger partial charge in [-0.1, -0.05) is 25.7 Å². The zero-order valence-electron chi connectivity index (χ0n) is 14.1. The van der Waals surface area contributed by atoms with E-state index in [1.807, 2.05) is 17.8 Å². The molecule has 0 saturated carbocycles. The summed E-state index contributed by atoms with van der Waals surface area (Å²) in [6.45, 7) is 6.02. The van der Waals surface area contributed by atoms with Crippen LogP contribution in [0.15, 0.2) is 41.3 Å². The van der Waals surface area contributed by atoms with Gasteiger partial charge in [-0.05, 0) is 66.5 Å². The zero-order chi connectivity index (χ0) is 17.3. The van der Waals surface area contributed by atoms with Gasteiger partial charge in [0.25, 0.3) is 0 Å². The van der Waals surface area contributed by atoms with Gasteiger partial charge in [0, 0.05) is 16.0 Å². The number of phenols is 1. The second-order valence-electron chi connectivity index (χ2n) is 6.73. The van der Waals surface area contributed by atoms with Crippen molar-refractivity contribution in [2.45, 2.75) is 37.5 Å². The first kappa shape index (κ1) is 16.7. The van der Waals surface area contributed by atoms with Crippen LogP contribution in [0.4, 0.5) is 0 Å². The average Bonchev–Trinajstić information content (AvgIpc) is 2.53. The van der Waals surface area contributed by atoms with E-state index in [1.54, 1.807) is 12.1 Å². The van der Waals surface area contributed by atoms with E-state index < -0.39 is 0 Å². The quantitative estimate of drug-likeness (QED) is 0.602. The lowest BCUT2D eigenvalue weighted by Crippen LogP contribution is -2.22. The fourth-order valence-electron chi connectivity index (χ4n) is 2.81. The van der Waals surface area contributed by atoms with Crippen molar-refractivity contribution >= 4 is 17.5 Å². The van der Waals surface area contributed by atoms with E-state index >= 15 is 0 Å². The second-order valence-corrected chi connectivity index (χ2v) is 7.87. The number of fused-ring (bicyclic) bond motifs is 1. The molecule has 0 bridgehead atoms. The molecule has 0 spiro atoms. The van der Waals surface area contributed by atoms with Crippen molar-refractivity contribution in [2.24, 2.45) is 0 Å². The van der Waals surface area contributed by atoms with Gasteiger partial charge < -0.3 is 5.11 Å². The number of aromatic hydroxyl groups is 1. The first-order valence-electron chi connectivity index (χ1n) is 8.00. The summed E-state index contributed by atoms with van der Waals surface area (Å²) in [5.74, 6) is 7.28. The molecule has 0 atom stereocenters. The van der Waals surface area contributed by atoms with Gasteiger partial charge in [0.05, 0.1) is 5.56 Å². The fourth-order valence-corrected chi connectivity index (χ4v) is 4.30. The van der Waals surface area contributed by atoms with Crippen molar-refractivity contribution in [1.82, 2.24) is 0 Å². The molecule has 0 radical (unpaired) electrons. The molecule has 0 amide bonds. The Morgan fingerprint density at radius 1 is 1.17 bits per heavy atom. The number of rotatable bonds is 1. The van der Waals surface area contributed by atoms with E-state index in [0.717, 1.165) is 17.7 Å². The summed E-state index contributed by atoms with van der Waals surface area (Å²) in [6, 6.07) is 11.2. The molecule has 1 aliphatic heterocycles. The Hall–Kier alpha value is -2.18. The average molecular weight is 336 g/mol. The number of benzene rings is 2. The van der Waals surface area contributed by atoms with Crippen LogP contribution < -0.4 is 0 Å². The van der Waals surface area contributed by atoms with Crippen LogP contribution in [0.2, 0.25) is 0 Å². The standard InChI is InChI=1S/C21H20O2S/c1-14(22)17-8-7-16(19(23)13-17)6-4-15-5-9-20-18(12-15)21(2,3)10-11-24-20/h5,7-9,12-13,23H,10-11H2,1-3H3. The maximum atomic E-state index is 11.3. The molecule has 0 aromatic heterocycles. The minimum Gasteiger partial charge on any atom is -0.507 e. The van der Waals surface area contributed by atoms with Gasteiger partial charge in [-0.2, -0.15) is 0 Å². The van der Waals surface area contributed by atoms with Gasteiger partial charge in [-0.25, -0.2) is 0 Å². The first-order chi connectivity index (χ1) is 11.4. The highest BCUT2D eigenvalue weighted by Gasteiger charge is 2.27. The Kier molecular flexibility index (Phi) is 4.43.